The molecule has 1 heterocycles. The first-order chi connectivity index (χ1) is 5.97. The van der Waals surface area contributed by atoms with Gasteiger partial charge in [-0.05, 0) is 0 Å². The van der Waals surface area contributed by atoms with Gasteiger partial charge in [-0.25, -0.2) is 0 Å². The van der Waals surface area contributed by atoms with Crippen molar-refractivity contribution in [3.63, 3.8) is 0 Å². The summed E-state index contributed by atoms with van der Waals surface area (Å²) in [5.74, 6) is 0. The molecule has 60 valence electrons. The molecule has 1 atom stereocenters. The average Bonchev–Trinajstić information content (AvgIpc) is 2.21. The Morgan fingerprint density at radius 2 is 1.83 bits per heavy atom. The molecule has 1 aromatic rings. The molecule has 1 unspecified atom stereocenters. The number of benzene rings is 1. The van der Waals surface area contributed by atoms with E-state index in [0.717, 1.165) is 0 Å². The molecular weight excluding hydrogens is 211 g/mol. The normalized spacial score (nSPS) is 21.2. The minimum absolute atomic E-state index is 0.607. The molecule has 0 radical (unpaired) electrons. The van der Waals surface area contributed by atoms with Gasteiger partial charge >= 0.3 is 78.9 Å². The van der Waals surface area contributed by atoms with Crippen molar-refractivity contribution in [3.8, 4) is 0 Å². The fourth-order valence-electron chi connectivity index (χ4n) is 1.22. The van der Waals surface area contributed by atoms with Gasteiger partial charge in [0.2, 0.25) is 0 Å². The van der Waals surface area contributed by atoms with Gasteiger partial charge in [0.15, 0.2) is 0 Å². The SMILES string of the molecule is C1=C[Se]C(c2ccccc2)C=C1. The van der Waals surface area contributed by atoms with Crippen molar-refractivity contribution in [2.45, 2.75) is 4.82 Å². The summed E-state index contributed by atoms with van der Waals surface area (Å²) in [4.78, 5) is 2.94. The standard InChI is InChI=1S/C11H10Se/c1-2-6-10(7-3-1)11-8-4-5-9-12-11/h1-9,11H. The Labute approximate surface area is 79.2 Å². The summed E-state index contributed by atoms with van der Waals surface area (Å²) in [5, 5.41) is 0. The number of allylic oxidation sites excluding steroid dienone is 3. The molecule has 0 fully saturated rings. The van der Waals surface area contributed by atoms with Crippen LogP contribution >= 0.6 is 0 Å². The number of rotatable bonds is 1. The van der Waals surface area contributed by atoms with E-state index in [1.54, 1.807) is 0 Å². The molecule has 0 aliphatic carbocycles. The van der Waals surface area contributed by atoms with Crippen LogP contribution in [0.3, 0.4) is 0 Å². The summed E-state index contributed by atoms with van der Waals surface area (Å²) in [5.41, 5.74) is 1.44. The summed E-state index contributed by atoms with van der Waals surface area (Å²) in [6.07, 6.45) is 6.57. The van der Waals surface area contributed by atoms with E-state index in [2.05, 4.69) is 53.5 Å². The van der Waals surface area contributed by atoms with Crippen LogP contribution in [0.2, 0.25) is 0 Å². The van der Waals surface area contributed by atoms with E-state index in [0.29, 0.717) is 19.8 Å². The number of hydrogen-bond acceptors (Lipinski definition) is 0. The summed E-state index contributed by atoms with van der Waals surface area (Å²) in [6, 6.07) is 10.7. The quantitative estimate of drug-likeness (QED) is 0.639. The Hall–Kier alpha value is -0.781. The molecule has 1 aliphatic heterocycles. The second kappa shape index (κ2) is 3.75. The van der Waals surface area contributed by atoms with E-state index < -0.39 is 0 Å². The molecular formula is C11H10Se. The van der Waals surface area contributed by atoms with Crippen molar-refractivity contribution in [2.75, 3.05) is 0 Å². The summed E-state index contributed by atoms with van der Waals surface area (Å²) in [7, 11) is 0. The first kappa shape index (κ1) is 7.85. The van der Waals surface area contributed by atoms with Crippen LogP contribution in [-0.4, -0.2) is 15.0 Å². The molecule has 1 heteroatoms. The van der Waals surface area contributed by atoms with Gasteiger partial charge in [-0.2, -0.15) is 0 Å². The van der Waals surface area contributed by atoms with Crippen LogP contribution in [0.5, 0.6) is 0 Å². The topological polar surface area (TPSA) is 0 Å². The zero-order chi connectivity index (χ0) is 8.23. The second-order valence-corrected chi connectivity index (χ2v) is 4.89. The van der Waals surface area contributed by atoms with Crippen molar-refractivity contribution in [1.29, 1.82) is 0 Å². The molecule has 0 saturated carbocycles. The van der Waals surface area contributed by atoms with E-state index >= 15 is 0 Å². The number of hydrogen-bond donors (Lipinski definition) is 0. The van der Waals surface area contributed by atoms with Crippen LogP contribution in [-0.2, 0) is 0 Å². The first-order valence-corrected chi connectivity index (χ1v) is 5.98. The van der Waals surface area contributed by atoms with Gasteiger partial charge in [0, 0.05) is 0 Å². The molecule has 12 heavy (non-hydrogen) atoms. The van der Waals surface area contributed by atoms with E-state index in [-0.39, 0.29) is 0 Å². The van der Waals surface area contributed by atoms with Gasteiger partial charge < -0.3 is 0 Å². The van der Waals surface area contributed by atoms with Gasteiger partial charge in [0.05, 0.1) is 0 Å². The minimum atomic E-state index is 0.607. The van der Waals surface area contributed by atoms with Crippen LogP contribution in [0.1, 0.15) is 10.4 Å². The Morgan fingerprint density at radius 3 is 2.50 bits per heavy atom. The van der Waals surface area contributed by atoms with Crippen LogP contribution < -0.4 is 0 Å². The Balaban J connectivity index is 2.21. The van der Waals surface area contributed by atoms with E-state index in [4.69, 9.17) is 0 Å². The maximum absolute atomic E-state index is 2.29. The molecule has 2 rings (SSSR count). The third-order valence-corrected chi connectivity index (χ3v) is 4.00. The van der Waals surface area contributed by atoms with Crippen molar-refractivity contribution in [3.05, 3.63) is 59.1 Å². The van der Waals surface area contributed by atoms with Crippen LogP contribution in [0.4, 0.5) is 0 Å². The second-order valence-electron chi connectivity index (χ2n) is 2.68. The van der Waals surface area contributed by atoms with Gasteiger partial charge in [-0.15, -0.1) is 0 Å². The molecule has 1 aromatic carbocycles. The monoisotopic (exact) mass is 222 g/mol. The molecule has 0 amide bonds. The summed E-state index contributed by atoms with van der Waals surface area (Å²) >= 11 is 0.607. The molecule has 0 aromatic heterocycles. The van der Waals surface area contributed by atoms with Gasteiger partial charge in [-0.3, -0.25) is 0 Å². The fourth-order valence-corrected chi connectivity index (χ4v) is 2.99. The van der Waals surface area contributed by atoms with Crippen molar-refractivity contribution in [2.24, 2.45) is 0 Å². The first-order valence-electron chi connectivity index (χ1n) is 4.00. The third-order valence-electron chi connectivity index (χ3n) is 1.83. The van der Waals surface area contributed by atoms with E-state index in [1.807, 2.05) is 0 Å². The zero-order valence-corrected chi connectivity index (χ0v) is 8.39. The Bertz CT molecular complexity index is 298. The average molecular weight is 221 g/mol. The predicted molar refractivity (Wildman–Crippen MR) is 53.2 cm³/mol. The molecule has 0 nitrogen and oxygen atoms in total. The van der Waals surface area contributed by atoms with E-state index in [9.17, 15) is 0 Å². The predicted octanol–water partition coefficient (Wildman–Crippen LogP) is 2.52. The zero-order valence-electron chi connectivity index (χ0n) is 6.68. The van der Waals surface area contributed by atoms with Crippen molar-refractivity contribution >= 4 is 15.0 Å². The molecule has 1 aliphatic rings. The molecule has 0 bridgehead atoms. The maximum atomic E-state index is 2.29. The molecule has 0 saturated heterocycles. The Morgan fingerprint density at radius 1 is 1.00 bits per heavy atom. The fraction of sp³-hybridized carbons (Fsp3) is 0.0909. The van der Waals surface area contributed by atoms with Gasteiger partial charge in [-0.1, -0.05) is 0 Å². The molecule has 0 N–H and O–H groups in total. The van der Waals surface area contributed by atoms with Gasteiger partial charge in [0.25, 0.3) is 0 Å². The third kappa shape index (κ3) is 1.69. The van der Waals surface area contributed by atoms with Crippen molar-refractivity contribution in [1.82, 2.24) is 0 Å². The van der Waals surface area contributed by atoms with Crippen molar-refractivity contribution < 1.29 is 0 Å². The van der Waals surface area contributed by atoms with Crippen LogP contribution in [0.15, 0.2) is 53.5 Å². The Kier molecular flexibility index (Phi) is 2.45. The molecule has 0 spiro atoms. The van der Waals surface area contributed by atoms with Gasteiger partial charge in [0.1, 0.15) is 0 Å². The van der Waals surface area contributed by atoms with Crippen LogP contribution in [0, 0.1) is 0 Å². The summed E-state index contributed by atoms with van der Waals surface area (Å²) < 4.78 is 0. The van der Waals surface area contributed by atoms with E-state index in [1.165, 1.54) is 5.56 Å². The summed E-state index contributed by atoms with van der Waals surface area (Å²) in [6.45, 7) is 0. The van der Waals surface area contributed by atoms with Crippen LogP contribution in [0.25, 0.3) is 0 Å².